The van der Waals surface area contributed by atoms with Crippen molar-refractivity contribution < 1.29 is 29.3 Å². The van der Waals surface area contributed by atoms with Gasteiger partial charge in [0.15, 0.2) is 0 Å². The highest BCUT2D eigenvalue weighted by Crippen LogP contribution is 2.33. The van der Waals surface area contributed by atoms with E-state index in [4.69, 9.17) is 27.9 Å². The van der Waals surface area contributed by atoms with E-state index in [1.807, 2.05) is 84.9 Å². The highest BCUT2D eigenvalue weighted by atomic mass is 79.9. The van der Waals surface area contributed by atoms with Gasteiger partial charge in [-0.1, -0.05) is 168 Å². The SMILES string of the molecule is C.C.CC(C)(C)c1ccc(C(Oc2ccc(Cl)cc2-n2nc3ccccc3n2)C(=O)O)cc1.COC(=O)C(Br)c1ccc(C(C)(C)C)cc1.Oc1ccc(Cl)cc1-n1nc2ccccc2n1. The molecule has 6 aromatic carbocycles. The van der Waals surface area contributed by atoms with Crippen LogP contribution in [0.1, 0.15) is 89.6 Å². The molecule has 2 heterocycles. The van der Waals surface area contributed by atoms with E-state index in [1.54, 1.807) is 42.5 Å². The topological polar surface area (TPSA) is 154 Å². The standard InChI is InChI=1S/C24H22ClN3O3.C13H17BrO2.C12H8ClN3O.2CH4/c1-24(2,3)16-10-8-15(9-11-16)22(23(29)30)31-21-13-12-17(25)14-20(21)28-26-18-6-4-5-7-19(18)27-28;1-13(2,3)10-7-5-9(6-8-10)11(14)12(15)16-4;13-8-5-6-12(17)11(7-8)16-14-9-3-1-2-4-10(9)15-16;;/h4-14,22H,1-3H3,(H,29,30);5-8,11H,1-4H3;1-7,17H;2*1H4. The van der Waals surface area contributed by atoms with Crippen LogP contribution in [0, 0.1) is 0 Å². The van der Waals surface area contributed by atoms with E-state index in [-0.39, 0.29) is 42.2 Å². The number of benzene rings is 6. The maximum absolute atomic E-state index is 12.1. The molecule has 0 aliphatic carbocycles. The molecule has 0 aliphatic heterocycles. The third-order valence-corrected chi connectivity index (χ3v) is 11.3. The van der Waals surface area contributed by atoms with Crippen LogP contribution in [-0.4, -0.2) is 59.2 Å². The number of carboxylic acids is 1. The number of fused-ring (bicyclic) bond motifs is 2. The van der Waals surface area contributed by atoms with Gasteiger partial charge in [0.25, 0.3) is 0 Å². The molecule has 15 heteroatoms. The fourth-order valence-corrected chi connectivity index (χ4v) is 7.10. The summed E-state index contributed by atoms with van der Waals surface area (Å²) in [7, 11) is 1.39. The Bertz CT molecular complexity index is 2820. The third-order valence-electron chi connectivity index (χ3n) is 9.89. The molecule has 66 heavy (non-hydrogen) atoms. The van der Waals surface area contributed by atoms with Gasteiger partial charge >= 0.3 is 11.9 Å². The zero-order valence-electron chi connectivity index (χ0n) is 36.2. The van der Waals surface area contributed by atoms with Gasteiger partial charge in [-0.25, -0.2) is 4.79 Å². The van der Waals surface area contributed by atoms with Crippen molar-refractivity contribution in [3.05, 3.63) is 166 Å². The third kappa shape index (κ3) is 13.0. The number of aromatic hydroxyl groups is 1. The number of hydrogen-bond acceptors (Lipinski definition) is 9. The highest BCUT2D eigenvalue weighted by molar-refractivity contribution is 9.09. The molecule has 0 bridgehead atoms. The number of ether oxygens (including phenoxy) is 2. The first-order valence-corrected chi connectivity index (χ1v) is 21.7. The first-order chi connectivity index (χ1) is 30.3. The fraction of sp³-hybridized carbons (Fsp3) is 0.255. The Morgan fingerprint density at radius 2 is 1.00 bits per heavy atom. The van der Waals surface area contributed by atoms with Gasteiger partial charge in [0.1, 0.15) is 49.8 Å². The van der Waals surface area contributed by atoms with Crippen LogP contribution in [0.3, 0.4) is 0 Å². The largest absolute Gasteiger partial charge is 0.506 e. The molecular weight excluding hydrogens is 943 g/mol. The number of hydrogen-bond donors (Lipinski definition) is 2. The lowest BCUT2D eigenvalue weighted by atomic mass is 9.86. The van der Waals surface area contributed by atoms with Gasteiger partial charge in [-0.05, 0) is 88.2 Å². The number of carboxylic acid groups (broad SMARTS) is 1. The molecule has 8 aromatic rings. The summed E-state index contributed by atoms with van der Waals surface area (Å²) in [6.07, 6.45) is -1.20. The number of nitrogens with zero attached hydrogens (tertiary/aromatic N) is 6. The molecule has 346 valence electrons. The van der Waals surface area contributed by atoms with Gasteiger partial charge in [0, 0.05) is 15.6 Å². The number of esters is 1. The molecule has 0 radical (unpaired) electrons. The van der Waals surface area contributed by atoms with Gasteiger partial charge in [-0.15, -0.1) is 30.0 Å². The van der Waals surface area contributed by atoms with Gasteiger partial charge in [0.05, 0.1) is 7.11 Å². The van der Waals surface area contributed by atoms with Crippen LogP contribution in [0.25, 0.3) is 33.4 Å². The minimum Gasteiger partial charge on any atom is -0.506 e. The maximum Gasteiger partial charge on any atom is 0.349 e. The predicted molar refractivity (Wildman–Crippen MR) is 268 cm³/mol. The van der Waals surface area contributed by atoms with Crippen LogP contribution >= 0.6 is 39.1 Å². The lowest BCUT2D eigenvalue weighted by Gasteiger charge is -2.21. The van der Waals surface area contributed by atoms with Crippen molar-refractivity contribution in [2.24, 2.45) is 0 Å². The maximum atomic E-state index is 12.1. The second-order valence-corrected chi connectivity index (χ2v) is 18.5. The van der Waals surface area contributed by atoms with E-state index in [9.17, 15) is 19.8 Å². The van der Waals surface area contributed by atoms with Crippen molar-refractivity contribution in [3.63, 3.8) is 0 Å². The predicted octanol–water partition coefficient (Wildman–Crippen LogP) is 13.2. The normalized spacial score (nSPS) is 12.0. The number of carbonyl (C=O) groups excluding carboxylic acids is 1. The van der Waals surface area contributed by atoms with Crippen molar-refractivity contribution in [2.45, 2.75) is 78.2 Å². The Labute approximate surface area is 404 Å². The molecule has 0 spiro atoms. The molecule has 8 rings (SSSR count). The molecular formula is C51H55BrCl2N6O6. The van der Waals surface area contributed by atoms with Gasteiger partial charge in [-0.3, -0.25) is 4.79 Å². The summed E-state index contributed by atoms with van der Waals surface area (Å²) in [5, 5.41) is 38.1. The summed E-state index contributed by atoms with van der Waals surface area (Å²) in [6, 6.07) is 40.1. The molecule has 2 unspecified atom stereocenters. The monoisotopic (exact) mass is 996 g/mol. The Morgan fingerprint density at radius 1 is 0.606 bits per heavy atom. The minimum absolute atomic E-state index is 0. The first-order valence-electron chi connectivity index (χ1n) is 20.1. The molecule has 0 aliphatic rings. The van der Waals surface area contributed by atoms with Gasteiger partial charge < -0.3 is 19.7 Å². The number of methoxy groups -OCH3 is 1. The number of aromatic nitrogens is 6. The fourth-order valence-electron chi connectivity index (χ4n) is 6.28. The van der Waals surface area contributed by atoms with Crippen molar-refractivity contribution >= 4 is 73.1 Å². The molecule has 0 fully saturated rings. The van der Waals surface area contributed by atoms with Crippen LogP contribution in [0.5, 0.6) is 11.5 Å². The molecule has 2 N–H and O–H groups in total. The summed E-state index contributed by atoms with van der Waals surface area (Å²) >= 11 is 15.4. The molecule has 0 saturated carbocycles. The zero-order chi connectivity index (χ0) is 46.3. The van der Waals surface area contributed by atoms with E-state index < -0.39 is 12.1 Å². The molecule has 0 amide bonds. The second kappa shape index (κ2) is 22.3. The summed E-state index contributed by atoms with van der Waals surface area (Å²) in [5.74, 6) is -0.960. The number of halogens is 3. The lowest BCUT2D eigenvalue weighted by molar-refractivity contribution is -0.145. The van der Waals surface area contributed by atoms with Crippen LogP contribution < -0.4 is 4.74 Å². The number of alkyl halides is 1. The second-order valence-electron chi connectivity index (χ2n) is 16.7. The summed E-state index contributed by atoms with van der Waals surface area (Å²) < 4.78 is 10.6. The van der Waals surface area contributed by atoms with E-state index >= 15 is 0 Å². The summed E-state index contributed by atoms with van der Waals surface area (Å²) in [4.78, 5) is 25.8. The smallest absolute Gasteiger partial charge is 0.349 e. The van der Waals surface area contributed by atoms with E-state index in [0.717, 1.165) is 22.2 Å². The Hall–Kier alpha value is -6.28. The van der Waals surface area contributed by atoms with Crippen LogP contribution in [-0.2, 0) is 25.2 Å². The van der Waals surface area contributed by atoms with E-state index in [1.165, 1.54) is 28.3 Å². The number of aliphatic carboxylic acids is 1. The quantitative estimate of drug-likeness (QED) is 0.111. The number of phenolic OH excluding ortho intramolecular Hbond substituents is 1. The number of phenols is 1. The zero-order valence-corrected chi connectivity index (χ0v) is 39.3. The average molecular weight is 999 g/mol. The number of rotatable bonds is 8. The van der Waals surface area contributed by atoms with Crippen molar-refractivity contribution in [1.29, 1.82) is 0 Å². The van der Waals surface area contributed by atoms with Gasteiger partial charge in [-0.2, -0.15) is 0 Å². The first kappa shape index (κ1) is 52.3. The van der Waals surface area contributed by atoms with Crippen molar-refractivity contribution in [2.75, 3.05) is 7.11 Å². The highest BCUT2D eigenvalue weighted by Gasteiger charge is 2.25. The number of carbonyl (C=O) groups is 2. The Morgan fingerprint density at radius 3 is 1.41 bits per heavy atom. The molecule has 2 atom stereocenters. The van der Waals surface area contributed by atoms with E-state index in [2.05, 4.69) is 82.6 Å². The van der Waals surface area contributed by atoms with Crippen molar-refractivity contribution in [3.8, 4) is 22.9 Å². The summed E-state index contributed by atoms with van der Waals surface area (Å²) in [6.45, 7) is 12.8. The van der Waals surface area contributed by atoms with Crippen LogP contribution in [0.15, 0.2) is 133 Å². The van der Waals surface area contributed by atoms with Gasteiger partial charge in [0.2, 0.25) is 6.10 Å². The van der Waals surface area contributed by atoms with Crippen molar-refractivity contribution in [1.82, 2.24) is 30.0 Å². The lowest BCUT2D eigenvalue weighted by Crippen LogP contribution is -2.20. The van der Waals surface area contributed by atoms with Crippen LogP contribution in [0.2, 0.25) is 10.0 Å². The van der Waals surface area contributed by atoms with Crippen LogP contribution in [0.4, 0.5) is 0 Å². The minimum atomic E-state index is -1.20. The summed E-state index contributed by atoms with van der Waals surface area (Å²) in [5.41, 5.74) is 7.80. The Kier molecular flexibility index (Phi) is 17.7. The molecule has 0 saturated heterocycles. The molecule has 12 nitrogen and oxygen atoms in total. The Balaban J connectivity index is 0.000000232. The van der Waals surface area contributed by atoms with E-state index in [0.29, 0.717) is 43.8 Å². The average Bonchev–Trinajstić information content (AvgIpc) is 3.91. The molecule has 2 aromatic heterocycles.